The number of nitro benzene ring substituents is 1. The van der Waals surface area contributed by atoms with Crippen LogP contribution in [0.15, 0.2) is 69.6 Å². The topological polar surface area (TPSA) is 110 Å². The summed E-state index contributed by atoms with van der Waals surface area (Å²) in [5.74, 6) is -0.516. The van der Waals surface area contributed by atoms with Gasteiger partial charge in [-0.2, -0.15) is 0 Å². The predicted octanol–water partition coefficient (Wildman–Crippen LogP) is 2.46. The van der Waals surface area contributed by atoms with Crippen LogP contribution in [0, 0.1) is 10.1 Å². The number of carbonyl (C=O) groups is 1. The molecule has 0 amide bonds. The molecule has 2 aliphatic heterocycles. The first-order valence-electron chi connectivity index (χ1n) is 12.7. The van der Waals surface area contributed by atoms with E-state index in [4.69, 9.17) is 4.74 Å². The number of anilines is 1. The molecule has 11 heteroatoms. The summed E-state index contributed by atoms with van der Waals surface area (Å²) in [7, 11) is 2.06. The van der Waals surface area contributed by atoms with Gasteiger partial charge in [-0.3, -0.25) is 19.5 Å². The Hall–Kier alpha value is -4.09. The standard InChI is InChI=1S/C28H29N5O5S/c1-4-38-27(35)24-18(2)29-28-32(25(24)19-8-6-5-7-9-19)26(34)23(39-28)17-20-16-21(33(36)37)10-11-22(20)31-14-12-30(3)13-15-31/h5-11,16-17,25H,4,12-15H2,1-3H3/t25-/m0/s1. The van der Waals surface area contributed by atoms with Crippen molar-refractivity contribution in [3.8, 4) is 0 Å². The molecule has 5 rings (SSSR count). The van der Waals surface area contributed by atoms with Gasteiger partial charge in [0.25, 0.3) is 11.2 Å². The highest BCUT2D eigenvalue weighted by atomic mass is 32.1. The van der Waals surface area contributed by atoms with E-state index >= 15 is 0 Å². The first-order chi connectivity index (χ1) is 18.8. The van der Waals surface area contributed by atoms with Crippen molar-refractivity contribution in [1.82, 2.24) is 9.47 Å². The average Bonchev–Trinajstić information content (AvgIpc) is 3.23. The number of esters is 1. The molecule has 1 saturated heterocycles. The number of ether oxygens (including phenoxy) is 1. The molecular weight excluding hydrogens is 518 g/mol. The molecule has 1 aromatic heterocycles. The summed E-state index contributed by atoms with van der Waals surface area (Å²) in [5, 5.41) is 11.6. The highest BCUT2D eigenvalue weighted by molar-refractivity contribution is 7.07. The fourth-order valence-electron chi connectivity index (χ4n) is 4.99. The number of nitro groups is 1. The summed E-state index contributed by atoms with van der Waals surface area (Å²) in [4.78, 5) is 47.6. The number of rotatable bonds is 6. The number of piperazine rings is 1. The lowest BCUT2D eigenvalue weighted by Crippen LogP contribution is -2.44. The Balaban J connectivity index is 1.69. The van der Waals surface area contributed by atoms with E-state index in [1.165, 1.54) is 28.0 Å². The smallest absolute Gasteiger partial charge is 0.338 e. The van der Waals surface area contributed by atoms with E-state index in [0.29, 0.717) is 26.2 Å². The molecule has 1 fully saturated rings. The maximum Gasteiger partial charge on any atom is 0.338 e. The number of carbonyl (C=O) groups excluding carboxylic acids is 1. The number of likely N-dealkylation sites (N-methyl/N-ethyl adjacent to an activating group) is 1. The van der Waals surface area contributed by atoms with Gasteiger partial charge in [-0.25, -0.2) is 9.79 Å². The van der Waals surface area contributed by atoms with Crippen molar-refractivity contribution < 1.29 is 14.5 Å². The number of benzene rings is 2. The van der Waals surface area contributed by atoms with Crippen LogP contribution in [0.2, 0.25) is 0 Å². The minimum absolute atomic E-state index is 0.0468. The number of hydrogen-bond acceptors (Lipinski definition) is 9. The molecule has 0 aliphatic carbocycles. The molecule has 3 heterocycles. The molecule has 0 N–H and O–H groups in total. The van der Waals surface area contributed by atoms with Crippen molar-refractivity contribution in [2.75, 3.05) is 44.7 Å². The van der Waals surface area contributed by atoms with E-state index in [0.717, 1.165) is 37.4 Å². The summed E-state index contributed by atoms with van der Waals surface area (Å²) in [5.41, 5.74) is 2.63. The van der Waals surface area contributed by atoms with E-state index in [1.54, 1.807) is 26.0 Å². The number of aromatic nitrogens is 1. The summed E-state index contributed by atoms with van der Waals surface area (Å²) in [6, 6.07) is 13.4. The fourth-order valence-corrected chi connectivity index (χ4v) is 6.03. The third-order valence-electron chi connectivity index (χ3n) is 6.98. The summed E-state index contributed by atoms with van der Waals surface area (Å²) in [6.07, 6.45) is 1.70. The van der Waals surface area contributed by atoms with Crippen molar-refractivity contribution in [2.24, 2.45) is 4.99 Å². The third kappa shape index (κ3) is 5.15. The SMILES string of the molecule is CCOC(=O)C1=C(C)N=c2sc(=Cc3cc([N+](=O)[O-])ccc3N3CCN(C)CC3)c(=O)n2[C@H]1c1ccccc1. The van der Waals surface area contributed by atoms with Crippen LogP contribution in [0.1, 0.15) is 31.0 Å². The molecule has 10 nitrogen and oxygen atoms in total. The van der Waals surface area contributed by atoms with Crippen LogP contribution in [-0.2, 0) is 9.53 Å². The third-order valence-corrected chi connectivity index (χ3v) is 7.97. The number of allylic oxidation sites excluding steroid dienone is 1. The minimum atomic E-state index is -0.703. The normalized spacial score (nSPS) is 18.1. The van der Waals surface area contributed by atoms with Gasteiger partial charge in [0.1, 0.15) is 0 Å². The highest BCUT2D eigenvalue weighted by Crippen LogP contribution is 2.31. The van der Waals surface area contributed by atoms with Gasteiger partial charge in [0.2, 0.25) is 0 Å². The first-order valence-corrected chi connectivity index (χ1v) is 13.6. The van der Waals surface area contributed by atoms with Crippen molar-refractivity contribution >= 4 is 34.8 Å². The van der Waals surface area contributed by atoms with Crippen molar-refractivity contribution in [3.05, 3.63) is 101 Å². The Morgan fingerprint density at radius 1 is 1.18 bits per heavy atom. The Bertz CT molecular complexity index is 1630. The molecule has 2 aliphatic rings. The summed E-state index contributed by atoms with van der Waals surface area (Å²) >= 11 is 1.20. The molecule has 1 atom stereocenters. The van der Waals surface area contributed by atoms with E-state index in [2.05, 4.69) is 21.8 Å². The lowest BCUT2D eigenvalue weighted by molar-refractivity contribution is -0.384. The lowest BCUT2D eigenvalue weighted by Gasteiger charge is -2.34. The van der Waals surface area contributed by atoms with E-state index in [1.807, 2.05) is 30.3 Å². The molecule has 0 radical (unpaired) electrons. The Kier molecular flexibility index (Phi) is 7.45. The second kappa shape index (κ2) is 11.0. The predicted molar refractivity (Wildman–Crippen MR) is 150 cm³/mol. The van der Waals surface area contributed by atoms with Gasteiger partial charge in [0.05, 0.1) is 33.4 Å². The number of non-ortho nitro benzene ring substituents is 1. The van der Waals surface area contributed by atoms with Crippen molar-refractivity contribution in [2.45, 2.75) is 19.9 Å². The zero-order chi connectivity index (χ0) is 27.7. The van der Waals surface area contributed by atoms with E-state index in [9.17, 15) is 19.7 Å². The van der Waals surface area contributed by atoms with Crippen LogP contribution in [0.25, 0.3) is 6.08 Å². The zero-order valence-electron chi connectivity index (χ0n) is 22.0. The number of nitrogens with zero attached hydrogens (tertiary/aromatic N) is 5. The Morgan fingerprint density at radius 3 is 2.56 bits per heavy atom. The van der Waals surface area contributed by atoms with E-state index < -0.39 is 16.9 Å². The van der Waals surface area contributed by atoms with Crippen LogP contribution < -0.4 is 19.8 Å². The second-order valence-electron chi connectivity index (χ2n) is 9.50. The maximum absolute atomic E-state index is 13.9. The van der Waals surface area contributed by atoms with Gasteiger partial charge in [-0.15, -0.1) is 0 Å². The Labute approximate surface area is 228 Å². The number of fused-ring (bicyclic) bond motifs is 1. The number of thiazole rings is 1. The molecule has 0 bridgehead atoms. The van der Waals surface area contributed by atoms with Gasteiger partial charge in [0, 0.05) is 49.6 Å². The van der Waals surface area contributed by atoms with Crippen LogP contribution in [0.3, 0.4) is 0 Å². The first kappa shape index (κ1) is 26.5. The monoisotopic (exact) mass is 547 g/mol. The minimum Gasteiger partial charge on any atom is -0.463 e. The van der Waals surface area contributed by atoms with E-state index in [-0.39, 0.29) is 17.9 Å². The molecule has 0 saturated carbocycles. The fraction of sp³-hybridized carbons (Fsp3) is 0.321. The van der Waals surface area contributed by atoms with Crippen molar-refractivity contribution in [3.63, 3.8) is 0 Å². The van der Waals surface area contributed by atoms with Gasteiger partial charge in [0.15, 0.2) is 4.80 Å². The van der Waals surface area contributed by atoms with Crippen LogP contribution >= 0.6 is 11.3 Å². The lowest BCUT2D eigenvalue weighted by atomic mass is 9.96. The molecule has 39 heavy (non-hydrogen) atoms. The summed E-state index contributed by atoms with van der Waals surface area (Å²) < 4.78 is 7.24. The molecule has 202 valence electrons. The van der Waals surface area contributed by atoms with Crippen molar-refractivity contribution in [1.29, 1.82) is 0 Å². The van der Waals surface area contributed by atoms with Gasteiger partial charge in [-0.1, -0.05) is 41.7 Å². The van der Waals surface area contributed by atoms with Crippen LogP contribution in [0.4, 0.5) is 11.4 Å². The quantitative estimate of drug-likeness (QED) is 0.265. The van der Waals surface area contributed by atoms with Gasteiger partial charge >= 0.3 is 5.97 Å². The molecule has 0 unspecified atom stereocenters. The highest BCUT2D eigenvalue weighted by Gasteiger charge is 2.33. The summed E-state index contributed by atoms with van der Waals surface area (Å²) in [6.45, 7) is 6.95. The molecule has 2 aromatic carbocycles. The van der Waals surface area contributed by atoms with Crippen LogP contribution in [0.5, 0.6) is 0 Å². The Morgan fingerprint density at radius 2 is 1.90 bits per heavy atom. The molecule has 0 spiro atoms. The average molecular weight is 548 g/mol. The molecule has 3 aromatic rings. The van der Waals surface area contributed by atoms with Gasteiger partial charge < -0.3 is 14.5 Å². The van der Waals surface area contributed by atoms with Gasteiger partial charge in [-0.05, 0) is 38.6 Å². The molecular formula is C28H29N5O5S. The zero-order valence-corrected chi connectivity index (χ0v) is 22.8. The van der Waals surface area contributed by atoms with Crippen LogP contribution in [-0.4, -0.2) is 60.2 Å². The number of hydrogen-bond donors (Lipinski definition) is 0. The maximum atomic E-state index is 13.9. The second-order valence-corrected chi connectivity index (χ2v) is 10.5. The largest absolute Gasteiger partial charge is 0.463 e.